The highest BCUT2D eigenvalue weighted by atomic mass is 16.5. The molecular formula is C14H28O2. The Hall–Kier alpha value is -0.0800. The van der Waals surface area contributed by atoms with Crippen LogP contribution in [0.1, 0.15) is 72.1 Å². The van der Waals surface area contributed by atoms with Crippen LogP contribution in [0.15, 0.2) is 0 Å². The van der Waals surface area contributed by atoms with Crippen molar-refractivity contribution in [3.63, 3.8) is 0 Å². The maximum atomic E-state index is 10.6. The van der Waals surface area contributed by atoms with E-state index in [1.165, 1.54) is 19.3 Å². The van der Waals surface area contributed by atoms with Gasteiger partial charge in [-0.15, -0.1) is 0 Å². The van der Waals surface area contributed by atoms with Gasteiger partial charge < -0.3 is 9.84 Å². The summed E-state index contributed by atoms with van der Waals surface area (Å²) in [6, 6.07) is 0. The van der Waals surface area contributed by atoms with Crippen molar-refractivity contribution in [1.82, 2.24) is 0 Å². The molecular weight excluding hydrogens is 200 g/mol. The van der Waals surface area contributed by atoms with Gasteiger partial charge in [0, 0.05) is 6.42 Å². The Morgan fingerprint density at radius 2 is 1.94 bits per heavy atom. The van der Waals surface area contributed by atoms with E-state index in [1.807, 2.05) is 0 Å². The molecule has 1 rings (SSSR count). The number of unbranched alkanes of at least 4 members (excludes halogenated alkanes) is 3. The Balaban J connectivity index is 2.37. The summed E-state index contributed by atoms with van der Waals surface area (Å²) < 4.78 is 5.78. The van der Waals surface area contributed by atoms with Crippen LogP contribution in [-0.4, -0.2) is 22.9 Å². The highest BCUT2D eigenvalue weighted by Crippen LogP contribution is 2.37. The molecule has 1 heterocycles. The van der Waals surface area contributed by atoms with Gasteiger partial charge in [-0.25, -0.2) is 0 Å². The Bertz CT molecular complexity index is 205. The van der Waals surface area contributed by atoms with Crippen molar-refractivity contribution in [2.24, 2.45) is 0 Å². The second-order valence-corrected chi connectivity index (χ2v) is 5.61. The lowest BCUT2D eigenvalue weighted by Gasteiger charge is -2.43. The van der Waals surface area contributed by atoms with Crippen LogP contribution < -0.4 is 0 Å². The van der Waals surface area contributed by atoms with E-state index in [0.29, 0.717) is 6.61 Å². The van der Waals surface area contributed by atoms with E-state index >= 15 is 0 Å². The summed E-state index contributed by atoms with van der Waals surface area (Å²) in [5.74, 6) is 0. The topological polar surface area (TPSA) is 29.5 Å². The van der Waals surface area contributed by atoms with E-state index < -0.39 is 5.60 Å². The second kappa shape index (κ2) is 6.02. The predicted molar refractivity (Wildman–Crippen MR) is 67.6 cm³/mol. The van der Waals surface area contributed by atoms with Crippen LogP contribution in [0.3, 0.4) is 0 Å². The normalized spacial score (nSPS) is 35.2. The van der Waals surface area contributed by atoms with Crippen LogP contribution >= 0.6 is 0 Å². The Morgan fingerprint density at radius 1 is 1.19 bits per heavy atom. The van der Waals surface area contributed by atoms with E-state index in [2.05, 4.69) is 20.8 Å². The maximum absolute atomic E-state index is 10.6. The highest BCUT2D eigenvalue weighted by molar-refractivity contribution is 4.91. The third-order valence-corrected chi connectivity index (χ3v) is 3.96. The van der Waals surface area contributed by atoms with Crippen LogP contribution in [0.2, 0.25) is 0 Å². The van der Waals surface area contributed by atoms with Crippen molar-refractivity contribution < 1.29 is 9.84 Å². The number of ether oxygens (including phenoxy) is 1. The lowest BCUT2D eigenvalue weighted by Crippen LogP contribution is -2.47. The fourth-order valence-electron chi connectivity index (χ4n) is 2.64. The summed E-state index contributed by atoms with van der Waals surface area (Å²) in [5.41, 5.74) is -0.561. The lowest BCUT2D eigenvalue weighted by molar-refractivity contribution is -0.156. The Morgan fingerprint density at radius 3 is 2.56 bits per heavy atom. The van der Waals surface area contributed by atoms with Gasteiger partial charge in [0.15, 0.2) is 0 Å². The summed E-state index contributed by atoms with van der Waals surface area (Å²) in [6.07, 6.45) is 8.52. The van der Waals surface area contributed by atoms with E-state index in [1.54, 1.807) is 0 Å². The SMILES string of the molecule is CCCCCCC1(O)CCOC(C)(CC)C1. The van der Waals surface area contributed by atoms with Gasteiger partial charge in [0.25, 0.3) is 0 Å². The van der Waals surface area contributed by atoms with Crippen LogP contribution in [0, 0.1) is 0 Å². The molecule has 1 saturated heterocycles. The van der Waals surface area contributed by atoms with Crippen LogP contribution in [-0.2, 0) is 4.74 Å². The van der Waals surface area contributed by atoms with Crippen molar-refractivity contribution >= 4 is 0 Å². The first-order chi connectivity index (χ1) is 7.54. The van der Waals surface area contributed by atoms with Crippen molar-refractivity contribution in [3.05, 3.63) is 0 Å². The highest BCUT2D eigenvalue weighted by Gasteiger charge is 2.40. The predicted octanol–water partition coefficient (Wildman–Crippen LogP) is 3.67. The lowest BCUT2D eigenvalue weighted by atomic mass is 9.79. The number of aliphatic hydroxyl groups is 1. The molecule has 0 amide bonds. The molecule has 2 nitrogen and oxygen atoms in total. The van der Waals surface area contributed by atoms with E-state index in [9.17, 15) is 5.11 Å². The largest absolute Gasteiger partial charge is 0.390 e. The van der Waals surface area contributed by atoms with Gasteiger partial charge in [-0.3, -0.25) is 0 Å². The molecule has 2 heteroatoms. The average Bonchev–Trinajstić information content (AvgIpc) is 2.24. The van der Waals surface area contributed by atoms with Gasteiger partial charge >= 0.3 is 0 Å². The summed E-state index contributed by atoms with van der Waals surface area (Å²) >= 11 is 0. The minimum absolute atomic E-state index is 0.0994. The van der Waals surface area contributed by atoms with Gasteiger partial charge in [-0.1, -0.05) is 39.5 Å². The van der Waals surface area contributed by atoms with Gasteiger partial charge in [-0.05, 0) is 26.2 Å². The number of rotatable bonds is 6. The molecule has 0 spiro atoms. The van der Waals surface area contributed by atoms with Crippen molar-refractivity contribution in [2.75, 3.05) is 6.61 Å². The third kappa shape index (κ3) is 4.06. The van der Waals surface area contributed by atoms with Gasteiger partial charge in [0.05, 0.1) is 17.8 Å². The molecule has 2 atom stereocenters. The zero-order valence-corrected chi connectivity index (χ0v) is 11.2. The van der Waals surface area contributed by atoms with Crippen LogP contribution in [0.25, 0.3) is 0 Å². The summed E-state index contributed by atoms with van der Waals surface area (Å²) in [7, 11) is 0. The molecule has 0 aromatic heterocycles. The molecule has 1 aliphatic rings. The zero-order valence-electron chi connectivity index (χ0n) is 11.2. The van der Waals surface area contributed by atoms with Gasteiger partial charge in [-0.2, -0.15) is 0 Å². The van der Waals surface area contributed by atoms with Crippen molar-refractivity contribution in [3.8, 4) is 0 Å². The average molecular weight is 228 g/mol. The zero-order chi connectivity index (χ0) is 12.1. The molecule has 1 aliphatic heterocycles. The fraction of sp³-hybridized carbons (Fsp3) is 1.00. The molecule has 0 aromatic rings. The van der Waals surface area contributed by atoms with Gasteiger partial charge in [0.2, 0.25) is 0 Å². The molecule has 2 unspecified atom stereocenters. The number of hydrogen-bond donors (Lipinski definition) is 1. The standard InChI is InChI=1S/C14H28O2/c1-4-6-7-8-9-14(15)10-11-16-13(3,5-2)12-14/h15H,4-12H2,1-3H3. The monoisotopic (exact) mass is 228 g/mol. The molecule has 0 radical (unpaired) electrons. The second-order valence-electron chi connectivity index (χ2n) is 5.61. The first-order valence-corrected chi connectivity index (χ1v) is 6.90. The van der Waals surface area contributed by atoms with Crippen molar-refractivity contribution in [2.45, 2.75) is 83.3 Å². The first-order valence-electron chi connectivity index (χ1n) is 6.90. The van der Waals surface area contributed by atoms with Gasteiger partial charge in [0.1, 0.15) is 0 Å². The third-order valence-electron chi connectivity index (χ3n) is 3.96. The van der Waals surface area contributed by atoms with E-state index in [4.69, 9.17) is 4.74 Å². The summed E-state index contributed by atoms with van der Waals surface area (Å²) in [5, 5.41) is 10.6. The smallest absolute Gasteiger partial charge is 0.0697 e. The quantitative estimate of drug-likeness (QED) is 0.703. The molecule has 96 valence electrons. The Labute approximate surface area is 100 Å². The summed E-state index contributed by atoms with van der Waals surface area (Å²) in [6.45, 7) is 7.21. The molecule has 16 heavy (non-hydrogen) atoms. The van der Waals surface area contributed by atoms with Crippen molar-refractivity contribution in [1.29, 1.82) is 0 Å². The molecule has 1 N–H and O–H groups in total. The first kappa shape index (κ1) is 14.0. The maximum Gasteiger partial charge on any atom is 0.0697 e. The number of hydrogen-bond acceptors (Lipinski definition) is 2. The summed E-state index contributed by atoms with van der Waals surface area (Å²) in [4.78, 5) is 0. The molecule has 0 saturated carbocycles. The molecule has 0 aliphatic carbocycles. The minimum Gasteiger partial charge on any atom is -0.390 e. The Kier molecular flexibility index (Phi) is 5.26. The van der Waals surface area contributed by atoms with Crippen LogP contribution in [0.4, 0.5) is 0 Å². The molecule has 0 bridgehead atoms. The minimum atomic E-state index is -0.462. The van der Waals surface area contributed by atoms with E-state index in [-0.39, 0.29) is 5.60 Å². The fourth-order valence-corrected chi connectivity index (χ4v) is 2.64. The molecule has 0 aromatic carbocycles. The molecule has 1 fully saturated rings. The van der Waals surface area contributed by atoms with Crippen LogP contribution in [0.5, 0.6) is 0 Å². The van der Waals surface area contributed by atoms with E-state index in [0.717, 1.165) is 32.1 Å².